The summed E-state index contributed by atoms with van der Waals surface area (Å²) in [7, 11) is -3.54. The number of aromatic nitrogens is 1. The zero-order valence-electron chi connectivity index (χ0n) is 20.2. The van der Waals surface area contributed by atoms with Crippen molar-refractivity contribution in [1.82, 2.24) is 10.3 Å². The maximum absolute atomic E-state index is 14.2. The Bertz CT molecular complexity index is 1570. The first-order valence-electron chi connectivity index (χ1n) is 12.0. The first kappa shape index (κ1) is 22.8. The molecular formula is C27H27N3O5S. The Morgan fingerprint density at radius 2 is 1.92 bits per heavy atom. The largest absolute Gasteiger partial charge is 0.479 e. The standard InChI is InChI=1S/C27H27N3O5S/c1-14(15-7-8-15)16-9-10-17-21(13-16)35-26(2)18-5-4-6-19(28)23(18)24(31)27(17,26)30-25(32)20-11-12-22(29-20)36(3,33)34/h4-6,9-15,29H,7-8,28H2,1-3H3,(H,30,32)/t14-,26-,27-/m1/s1. The number of amides is 1. The molecule has 3 atom stereocenters. The fourth-order valence-electron chi connectivity index (χ4n) is 5.85. The van der Waals surface area contributed by atoms with Crippen LogP contribution in [-0.2, 0) is 21.0 Å². The number of Topliss-reactive ketones (excluding diaryl/α,β-unsaturated/α-hetero) is 1. The van der Waals surface area contributed by atoms with Crippen LogP contribution in [0.1, 0.15) is 70.1 Å². The van der Waals surface area contributed by atoms with E-state index in [2.05, 4.69) is 17.2 Å². The van der Waals surface area contributed by atoms with E-state index in [-0.39, 0.29) is 16.5 Å². The van der Waals surface area contributed by atoms with Crippen molar-refractivity contribution in [2.75, 3.05) is 12.0 Å². The Labute approximate surface area is 209 Å². The highest BCUT2D eigenvalue weighted by atomic mass is 32.2. The highest BCUT2D eigenvalue weighted by molar-refractivity contribution is 7.90. The van der Waals surface area contributed by atoms with Crippen LogP contribution in [0, 0.1) is 5.92 Å². The maximum atomic E-state index is 14.2. The number of sulfone groups is 1. The van der Waals surface area contributed by atoms with Crippen molar-refractivity contribution in [3.8, 4) is 5.75 Å². The number of fused-ring (bicyclic) bond motifs is 5. The van der Waals surface area contributed by atoms with E-state index < -0.39 is 26.9 Å². The molecule has 0 spiro atoms. The van der Waals surface area contributed by atoms with Crippen molar-refractivity contribution in [1.29, 1.82) is 0 Å². The Balaban J connectivity index is 1.50. The molecule has 36 heavy (non-hydrogen) atoms. The van der Waals surface area contributed by atoms with Gasteiger partial charge in [-0.05, 0) is 61.4 Å². The first-order chi connectivity index (χ1) is 17.0. The van der Waals surface area contributed by atoms with Crippen molar-refractivity contribution in [2.24, 2.45) is 5.92 Å². The van der Waals surface area contributed by atoms with Gasteiger partial charge in [0.05, 0.1) is 5.56 Å². The molecule has 0 saturated heterocycles. The number of H-pyrrole nitrogens is 1. The van der Waals surface area contributed by atoms with E-state index in [9.17, 15) is 18.0 Å². The predicted octanol–water partition coefficient (Wildman–Crippen LogP) is 3.64. The zero-order chi connectivity index (χ0) is 25.6. The summed E-state index contributed by atoms with van der Waals surface area (Å²) in [5.41, 5.74) is 6.36. The minimum atomic E-state index is -3.54. The second-order valence-corrected chi connectivity index (χ2v) is 12.3. The van der Waals surface area contributed by atoms with Gasteiger partial charge in [0, 0.05) is 23.1 Å². The molecule has 1 aromatic heterocycles. The van der Waals surface area contributed by atoms with E-state index in [0.29, 0.717) is 40.0 Å². The van der Waals surface area contributed by atoms with Crippen LogP contribution in [0.25, 0.3) is 0 Å². The Kier molecular flexibility index (Phi) is 4.58. The fraction of sp³-hybridized carbons (Fsp3) is 0.333. The number of hydrogen-bond acceptors (Lipinski definition) is 6. The van der Waals surface area contributed by atoms with Gasteiger partial charge in [-0.1, -0.05) is 31.2 Å². The van der Waals surface area contributed by atoms with Gasteiger partial charge in [-0.15, -0.1) is 0 Å². The normalized spacial score (nSPS) is 25.0. The number of nitrogens with two attached hydrogens (primary N) is 1. The number of nitrogen functional groups attached to an aromatic ring is 1. The average Bonchev–Trinajstić information content (AvgIpc) is 3.43. The lowest BCUT2D eigenvalue weighted by atomic mass is 9.76. The number of carbonyl (C=O) groups is 2. The molecule has 0 radical (unpaired) electrons. The lowest BCUT2D eigenvalue weighted by Crippen LogP contribution is -2.58. The molecule has 8 nitrogen and oxygen atoms in total. The molecule has 0 unspecified atom stereocenters. The van der Waals surface area contributed by atoms with E-state index in [4.69, 9.17) is 10.5 Å². The Morgan fingerprint density at radius 1 is 1.17 bits per heavy atom. The van der Waals surface area contributed by atoms with Crippen LogP contribution in [0.5, 0.6) is 5.75 Å². The topological polar surface area (TPSA) is 131 Å². The number of hydrogen-bond donors (Lipinski definition) is 3. The molecule has 1 amide bonds. The van der Waals surface area contributed by atoms with Crippen LogP contribution in [0.4, 0.5) is 5.69 Å². The maximum Gasteiger partial charge on any atom is 0.268 e. The van der Waals surface area contributed by atoms with Gasteiger partial charge in [0.15, 0.2) is 26.8 Å². The first-order valence-corrected chi connectivity index (χ1v) is 13.9. The summed E-state index contributed by atoms with van der Waals surface area (Å²) in [5, 5.41) is 2.86. The van der Waals surface area contributed by atoms with Crippen LogP contribution < -0.4 is 15.8 Å². The van der Waals surface area contributed by atoms with Crippen molar-refractivity contribution in [3.05, 3.63) is 76.5 Å². The van der Waals surface area contributed by atoms with Gasteiger partial charge in [-0.2, -0.15) is 0 Å². The molecule has 1 aliphatic heterocycles. The second-order valence-electron chi connectivity index (χ2n) is 10.3. The summed E-state index contributed by atoms with van der Waals surface area (Å²) in [4.78, 5) is 30.3. The summed E-state index contributed by atoms with van der Waals surface area (Å²) in [6.07, 6.45) is 3.46. The van der Waals surface area contributed by atoms with Crippen LogP contribution in [0.15, 0.2) is 53.6 Å². The van der Waals surface area contributed by atoms with Crippen molar-refractivity contribution in [3.63, 3.8) is 0 Å². The lowest BCUT2D eigenvalue weighted by Gasteiger charge is -2.36. The van der Waals surface area contributed by atoms with Crippen LogP contribution in [0.2, 0.25) is 0 Å². The molecule has 2 aliphatic carbocycles. The van der Waals surface area contributed by atoms with E-state index in [1.165, 1.54) is 25.0 Å². The molecule has 4 N–H and O–H groups in total. The minimum Gasteiger partial charge on any atom is -0.479 e. The average molecular weight is 506 g/mol. The summed E-state index contributed by atoms with van der Waals surface area (Å²) in [5.74, 6) is 0.579. The summed E-state index contributed by atoms with van der Waals surface area (Å²) in [6, 6.07) is 13.8. The number of ether oxygens (including phenoxy) is 1. The third-order valence-electron chi connectivity index (χ3n) is 8.08. The van der Waals surface area contributed by atoms with Gasteiger partial charge in [0.1, 0.15) is 16.5 Å². The minimum absolute atomic E-state index is 0.0244. The predicted molar refractivity (Wildman–Crippen MR) is 134 cm³/mol. The molecule has 2 aromatic carbocycles. The van der Waals surface area contributed by atoms with E-state index in [1.54, 1.807) is 25.1 Å². The molecule has 9 heteroatoms. The molecule has 1 fully saturated rings. The molecule has 0 bridgehead atoms. The van der Waals surface area contributed by atoms with Gasteiger partial charge in [0.25, 0.3) is 5.91 Å². The SMILES string of the molecule is C[C@@H](c1ccc2c(c1)O[C@]1(C)c3cccc(N)c3C(=O)[C@]21NC(=O)c1ccc(S(C)(=O)=O)[nH]1)C1CC1. The lowest BCUT2D eigenvalue weighted by molar-refractivity contribution is 0.0242. The molecule has 186 valence electrons. The van der Waals surface area contributed by atoms with Gasteiger partial charge < -0.3 is 20.8 Å². The smallest absolute Gasteiger partial charge is 0.268 e. The number of carbonyl (C=O) groups excluding carboxylic acids is 2. The number of benzene rings is 2. The summed E-state index contributed by atoms with van der Waals surface area (Å²) in [6.45, 7) is 3.98. The third kappa shape index (κ3) is 2.95. The molecule has 6 rings (SSSR count). The zero-order valence-corrected chi connectivity index (χ0v) is 21.0. The highest BCUT2D eigenvalue weighted by Crippen LogP contribution is 2.60. The van der Waals surface area contributed by atoms with Gasteiger partial charge in [-0.25, -0.2) is 8.42 Å². The van der Waals surface area contributed by atoms with Gasteiger partial charge >= 0.3 is 0 Å². The number of anilines is 1. The van der Waals surface area contributed by atoms with Crippen molar-refractivity contribution < 1.29 is 22.7 Å². The number of nitrogens with one attached hydrogen (secondary N) is 2. The number of ketones is 1. The monoisotopic (exact) mass is 505 g/mol. The van der Waals surface area contributed by atoms with Gasteiger partial charge in [-0.3, -0.25) is 9.59 Å². The van der Waals surface area contributed by atoms with Crippen LogP contribution >= 0.6 is 0 Å². The van der Waals surface area contributed by atoms with E-state index >= 15 is 0 Å². The molecule has 3 aromatic rings. The van der Waals surface area contributed by atoms with Crippen LogP contribution in [-0.4, -0.2) is 31.3 Å². The quantitative estimate of drug-likeness (QED) is 0.454. The number of aromatic amines is 1. The van der Waals surface area contributed by atoms with E-state index in [1.807, 2.05) is 18.2 Å². The molecule has 2 heterocycles. The second kappa shape index (κ2) is 7.22. The van der Waals surface area contributed by atoms with Crippen LogP contribution in [0.3, 0.4) is 0 Å². The highest BCUT2D eigenvalue weighted by Gasteiger charge is 2.69. The summed E-state index contributed by atoms with van der Waals surface area (Å²) >= 11 is 0. The summed E-state index contributed by atoms with van der Waals surface area (Å²) < 4.78 is 30.4. The molecular weight excluding hydrogens is 478 g/mol. The van der Waals surface area contributed by atoms with Crippen molar-refractivity contribution in [2.45, 2.75) is 48.8 Å². The molecule has 1 saturated carbocycles. The third-order valence-corrected chi connectivity index (χ3v) is 9.11. The van der Waals surface area contributed by atoms with Gasteiger partial charge in [0.2, 0.25) is 0 Å². The molecule has 3 aliphatic rings. The Hall–Kier alpha value is -3.59. The Morgan fingerprint density at radius 3 is 2.58 bits per heavy atom. The fourth-order valence-corrected chi connectivity index (χ4v) is 6.46. The van der Waals surface area contributed by atoms with E-state index in [0.717, 1.165) is 11.8 Å². The number of rotatable bonds is 5. The van der Waals surface area contributed by atoms with Crippen molar-refractivity contribution >= 4 is 27.2 Å².